The molecule has 0 saturated heterocycles. The molecule has 5 heteroatoms. The summed E-state index contributed by atoms with van der Waals surface area (Å²) in [6.45, 7) is 3.26. The molecule has 0 bridgehead atoms. The van der Waals surface area contributed by atoms with Crippen molar-refractivity contribution in [3.05, 3.63) is 58.1 Å². The van der Waals surface area contributed by atoms with E-state index in [0.29, 0.717) is 19.6 Å². The molecule has 1 heterocycles. The summed E-state index contributed by atoms with van der Waals surface area (Å²) in [6, 6.07) is 13.4. The second kappa shape index (κ2) is 7.71. The molecule has 4 nitrogen and oxygen atoms in total. The molecule has 1 unspecified atom stereocenters. The van der Waals surface area contributed by atoms with Gasteiger partial charge in [0.05, 0.1) is 25.7 Å². The van der Waals surface area contributed by atoms with Gasteiger partial charge in [-0.1, -0.05) is 46.3 Å². The molecule has 0 aromatic heterocycles. The number of carbonyl (C=O) groups is 1. The molecule has 0 spiro atoms. The standard InChI is InChI=1S/C19H20BrNO3/c1-13(21-19(22)10-14-6-3-2-4-7-14)15-11-17-18(12-16(15)20)24-9-5-8-23-17/h2-4,6-7,11-13H,5,8-10H2,1H3,(H,21,22). The molecule has 0 radical (unpaired) electrons. The minimum atomic E-state index is -0.132. The van der Waals surface area contributed by atoms with Gasteiger partial charge in [0.25, 0.3) is 0 Å². The van der Waals surface area contributed by atoms with Crippen LogP contribution in [-0.4, -0.2) is 19.1 Å². The molecule has 0 fully saturated rings. The number of fused-ring (bicyclic) bond motifs is 1. The highest BCUT2D eigenvalue weighted by molar-refractivity contribution is 9.10. The number of rotatable bonds is 4. The second-order valence-electron chi connectivity index (χ2n) is 5.82. The van der Waals surface area contributed by atoms with Crippen molar-refractivity contribution in [3.8, 4) is 11.5 Å². The zero-order valence-corrected chi connectivity index (χ0v) is 15.1. The van der Waals surface area contributed by atoms with Gasteiger partial charge in [0.1, 0.15) is 0 Å². The van der Waals surface area contributed by atoms with Gasteiger partial charge >= 0.3 is 0 Å². The maximum absolute atomic E-state index is 12.3. The number of hydrogen-bond acceptors (Lipinski definition) is 3. The Balaban J connectivity index is 1.71. The molecule has 1 N–H and O–H groups in total. The lowest BCUT2D eigenvalue weighted by Gasteiger charge is -2.18. The van der Waals surface area contributed by atoms with Gasteiger partial charge in [-0.3, -0.25) is 4.79 Å². The number of carbonyl (C=O) groups excluding carboxylic acids is 1. The lowest BCUT2D eigenvalue weighted by atomic mass is 10.1. The van der Waals surface area contributed by atoms with E-state index in [1.54, 1.807) is 0 Å². The Kier molecular flexibility index (Phi) is 5.41. The summed E-state index contributed by atoms with van der Waals surface area (Å²) in [5.74, 6) is 1.47. The van der Waals surface area contributed by atoms with Crippen molar-refractivity contribution in [3.63, 3.8) is 0 Å². The monoisotopic (exact) mass is 389 g/mol. The van der Waals surface area contributed by atoms with Crippen molar-refractivity contribution < 1.29 is 14.3 Å². The first kappa shape index (κ1) is 16.8. The first-order valence-electron chi connectivity index (χ1n) is 8.06. The van der Waals surface area contributed by atoms with E-state index in [2.05, 4.69) is 21.2 Å². The predicted molar refractivity (Wildman–Crippen MR) is 96.5 cm³/mol. The third kappa shape index (κ3) is 4.09. The van der Waals surface area contributed by atoms with Crippen molar-refractivity contribution in [2.24, 2.45) is 0 Å². The van der Waals surface area contributed by atoms with Crippen LogP contribution < -0.4 is 14.8 Å². The molecule has 1 aliphatic heterocycles. The van der Waals surface area contributed by atoms with Crippen molar-refractivity contribution in [2.75, 3.05) is 13.2 Å². The number of nitrogens with one attached hydrogen (secondary N) is 1. The summed E-state index contributed by atoms with van der Waals surface area (Å²) < 4.78 is 12.3. The van der Waals surface area contributed by atoms with Crippen LogP contribution in [0.1, 0.15) is 30.5 Å². The maximum Gasteiger partial charge on any atom is 0.224 e. The predicted octanol–water partition coefficient (Wildman–Crippen LogP) is 4.03. The fraction of sp³-hybridized carbons (Fsp3) is 0.316. The van der Waals surface area contributed by atoms with Gasteiger partial charge in [0, 0.05) is 10.9 Å². The molecule has 1 amide bonds. The fourth-order valence-corrected chi connectivity index (χ4v) is 3.35. The molecule has 1 atom stereocenters. The van der Waals surface area contributed by atoms with Crippen LogP contribution in [0.25, 0.3) is 0 Å². The van der Waals surface area contributed by atoms with Crippen molar-refractivity contribution in [2.45, 2.75) is 25.8 Å². The molecule has 0 aliphatic carbocycles. The topological polar surface area (TPSA) is 47.6 Å². The summed E-state index contributed by atoms with van der Waals surface area (Å²) in [6.07, 6.45) is 1.23. The highest BCUT2D eigenvalue weighted by Gasteiger charge is 2.18. The normalized spacial score (nSPS) is 14.6. The smallest absolute Gasteiger partial charge is 0.224 e. The lowest BCUT2D eigenvalue weighted by molar-refractivity contribution is -0.121. The number of hydrogen-bond donors (Lipinski definition) is 1. The zero-order valence-electron chi connectivity index (χ0n) is 13.5. The Labute approximate surface area is 150 Å². The van der Waals surface area contributed by atoms with Gasteiger partial charge in [-0.15, -0.1) is 0 Å². The zero-order chi connectivity index (χ0) is 16.9. The van der Waals surface area contributed by atoms with Crippen molar-refractivity contribution in [1.29, 1.82) is 0 Å². The maximum atomic E-state index is 12.3. The van der Waals surface area contributed by atoms with Gasteiger partial charge in [0.2, 0.25) is 5.91 Å². The Bertz CT molecular complexity index is 718. The molecule has 126 valence electrons. The van der Waals surface area contributed by atoms with E-state index in [9.17, 15) is 4.79 Å². The summed E-state index contributed by atoms with van der Waals surface area (Å²) in [4.78, 5) is 12.3. The molecule has 0 saturated carbocycles. The summed E-state index contributed by atoms with van der Waals surface area (Å²) in [5, 5.41) is 3.04. The van der Waals surface area contributed by atoms with Gasteiger partial charge < -0.3 is 14.8 Å². The highest BCUT2D eigenvalue weighted by Crippen LogP contribution is 2.37. The molecular formula is C19H20BrNO3. The van der Waals surface area contributed by atoms with Crippen LogP contribution in [0.5, 0.6) is 11.5 Å². The Morgan fingerprint density at radius 3 is 2.54 bits per heavy atom. The largest absolute Gasteiger partial charge is 0.490 e. The number of benzene rings is 2. The summed E-state index contributed by atoms with van der Waals surface area (Å²) in [5.41, 5.74) is 1.97. The summed E-state index contributed by atoms with van der Waals surface area (Å²) >= 11 is 3.57. The van der Waals surface area contributed by atoms with Gasteiger partial charge in [-0.2, -0.15) is 0 Å². The second-order valence-corrected chi connectivity index (χ2v) is 6.68. The highest BCUT2D eigenvalue weighted by atomic mass is 79.9. The van der Waals surface area contributed by atoms with Crippen LogP contribution in [-0.2, 0) is 11.2 Å². The Morgan fingerprint density at radius 1 is 1.17 bits per heavy atom. The van der Waals surface area contributed by atoms with Crippen LogP contribution in [0.3, 0.4) is 0 Å². The quantitative estimate of drug-likeness (QED) is 0.858. The fourth-order valence-electron chi connectivity index (χ4n) is 2.68. The number of amides is 1. The van der Waals surface area contributed by atoms with Crippen molar-refractivity contribution >= 4 is 21.8 Å². The first-order valence-corrected chi connectivity index (χ1v) is 8.85. The van der Waals surface area contributed by atoms with E-state index >= 15 is 0 Å². The summed E-state index contributed by atoms with van der Waals surface area (Å²) in [7, 11) is 0. The molecule has 3 rings (SSSR count). The molecule has 24 heavy (non-hydrogen) atoms. The average Bonchev–Trinajstić information content (AvgIpc) is 2.79. The van der Waals surface area contributed by atoms with Crippen LogP contribution >= 0.6 is 15.9 Å². The van der Waals surface area contributed by atoms with Crippen LogP contribution in [0.15, 0.2) is 46.9 Å². The SMILES string of the molecule is CC(NC(=O)Cc1ccccc1)c1cc2c(cc1Br)OCCCO2. The minimum Gasteiger partial charge on any atom is -0.490 e. The number of ether oxygens (including phenoxy) is 2. The Hall–Kier alpha value is -2.01. The molecule has 1 aliphatic rings. The van der Waals surface area contributed by atoms with E-state index in [1.165, 1.54) is 0 Å². The van der Waals surface area contributed by atoms with E-state index in [-0.39, 0.29) is 11.9 Å². The van der Waals surface area contributed by atoms with E-state index in [0.717, 1.165) is 33.5 Å². The van der Waals surface area contributed by atoms with Gasteiger partial charge in [-0.25, -0.2) is 0 Å². The first-order chi connectivity index (χ1) is 11.6. The molecule has 2 aromatic carbocycles. The van der Waals surface area contributed by atoms with Crippen LogP contribution in [0.2, 0.25) is 0 Å². The third-order valence-electron chi connectivity index (χ3n) is 3.92. The number of halogens is 1. The van der Waals surface area contributed by atoms with Gasteiger partial charge in [0.15, 0.2) is 11.5 Å². The lowest BCUT2D eigenvalue weighted by Crippen LogP contribution is -2.28. The molecule has 2 aromatic rings. The van der Waals surface area contributed by atoms with Gasteiger partial charge in [-0.05, 0) is 30.2 Å². The minimum absolute atomic E-state index is 0.00675. The van der Waals surface area contributed by atoms with Crippen LogP contribution in [0, 0.1) is 0 Å². The molecular weight excluding hydrogens is 370 g/mol. The van der Waals surface area contributed by atoms with E-state index in [4.69, 9.17) is 9.47 Å². The van der Waals surface area contributed by atoms with Crippen molar-refractivity contribution in [1.82, 2.24) is 5.32 Å². The third-order valence-corrected chi connectivity index (χ3v) is 4.61. The Morgan fingerprint density at radius 2 is 1.83 bits per heavy atom. The average molecular weight is 390 g/mol. The van der Waals surface area contributed by atoms with E-state index < -0.39 is 0 Å². The van der Waals surface area contributed by atoms with E-state index in [1.807, 2.05) is 49.4 Å². The van der Waals surface area contributed by atoms with Crippen LogP contribution in [0.4, 0.5) is 0 Å².